The number of hydrogen-bond donors (Lipinski definition) is 2. The average molecular weight is 841 g/mol. The first-order valence-electron chi connectivity index (χ1n) is 19.4. The average Bonchev–Trinajstić information content (AvgIpc) is 3.56. The molecule has 1 saturated heterocycles. The van der Waals surface area contributed by atoms with E-state index in [1.165, 1.54) is 19.3 Å². The molecule has 0 amide bonds. The van der Waals surface area contributed by atoms with E-state index in [4.69, 9.17) is 45.6 Å². The monoisotopic (exact) mass is 840 g/mol. The Labute approximate surface area is 335 Å². The molecule has 1 aliphatic rings. The fourth-order valence-corrected chi connectivity index (χ4v) is 13.2. The standard InChI is InChI=1S/C22H52N2O6Si2.C9H21NO2Si.C4H10O2.V/c1-11-23(12-2)17-15-19-31(25-7,26-8)29-21(5)22(6)30-32(27-9,28-10)20-16-18-24(13-3)14-4;1-4-5-7-10-8-6-9-13(10,11-2)12-3;1-3(5)4(2)6;/h21-22H,11-20H2,1-10H3;4-9H2,1-3H3;3-6H,1-2H3;. The second-order valence-corrected chi connectivity index (χ2v) is 22.3. The second kappa shape index (κ2) is 32.8. The fraction of sp³-hybridized carbons (Fsp3) is 1.00. The van der Waals surface area contributed by atoms with Crippen molar-refractivity contribution in [2.24, 2.45) is 0 Å². The molecule has 0 saturated carbocycles. The van der Waals surface area contributed by atoms with E-state index in [1.54, 1.807) is 56.5 Å². The van der Waals surface area contributed by atoms with Gasteiger partial charge in [0.05, 0.1) is 24.4 Å². The minimum absolute atomic E-state index is 0. The molecule has 0 aromatic rings. The van der Waals surface area contributed by atoms with E-state index in [0.717, 1.165) is 83.3 Å². The van der Waals surface area contributed by atoms with E-state index in [2.05, 4.69) is 49.0 Å². The number of rotatable bonds is 27. The third-order valence-corrected chi connectivity index (χ3v) is 19.4. The molecule has 2 N–H and O–H groups in total. The maximum atomic E-state index is 8.38. The number of nitrogens with zero attached hydrogens (tertiary/aromatic N) is 3. The van der Waals surface area contributed by atoms with Crippen LogP contribution in [0.2, 0.25) is 18.1 Å². The molecule has 1 aliphatic heterocycles. The van der Waals surface area contributed by atoms with Crippen molar-refractivity contribution in [1.29, 1.82) is 0 Å². The van der Waals surface area contributed by atoms with E-state index >= 15 is 0 Å². The molecule has 1 rings (SSSR count). The topological polar surface area (TPSA) is 124 Å². The van der Waals surface area contributed by atoms with Crippen LogP contribution in [0, 0.1) is 0 Å². The Bertz CT molecular complexity index is 751. The van der Waals surface area contributed by atoms with Crippen LogP contribution >= 0.6 is 0 Å². The summed E-state index contributed by atoms with van der Waals surface area (Å²) in [6.07, 6.45) is 4.06. The normalized spacial score (nSPS) is 17.1. The van der Waals surface area contributed by atoms with Gasteiger partial charge in [0, 0.05) is 79.3 Å². The Morgan fingerprint density at radius 3 is 1.27 bits per heavy atom. The van der Waals surface area contributed by atoms with Crippen LogP contribution in [-0.2, 0) is 54.0 Å². The Morgan fingerprint density at radius 1 is 0.635 bits per heavy atom. The molecular formula is C35H83N3O10Si3V. The zero-order chi connectivity index (χ0) is 39.5. The van der Waals surface area contributed by atoms with E-state index in [1.807, 2.05) is 13.8 Å². The van der Waals surface area contributed by atoms with Crippen molar-refractivity contribution in [2.75, 3.05) is 95.0 Å². The smallest absolute Gasteiger partial charge is 0.391 e. The first-order valence-corrected chi connectivity index (χ1v) is 25.2. The summed E-state index contributed by atoms with van der Waals surface area (Å²) >= 11 is 0. The van der Waals surface area contributed by atoms with E-state index in [-0.39, 0.29) is 30.8 Å². The second-order valence-electron chi connectivity index (χ2n) is 13.1. The van der Waals surface area contributed by atoms with Gasteiger partial charge in [0.15, 0.2) is 0 Å². The van der Waals surface area contributed by atoms with Gasteiger partial charge in [0.2, 0.25) is 0 Å². The summed E-state index contributed by atoms with van der Waals surface area (Å²) in [7, 11) is 2.83. The van der Waals surface area contributed by atoms with Gasteiger partial charge in [-0.1, -0.05) is 41.0 Å². The van der Waals surface area contributed by atoms with Crippen molar-refractivity contribution in [3.8, 4) is 0 Å². The summed E-state index contributed by atoms with van der Waals surface area (Å²) in [5.74, 6) is 0. The van der Waals surface area contributed by atoms with Gasteiger partial charge in [-0.25, -0.2) is 0 Å². The van der Waals surface area contributed by atoms with Crippen LogP contribution < -0.4 is 0 Å². The third kappa shape index (κ3) is 21.9. The molecule has 0 aliphatic carbocycles. The molecule has 4 unspecified atom stereocenters. The molecule has 0 aromatic carbocycles. The van der Waals surface area contributed by atoms with Crippen molar-refractivity contribution in [1.82, 2.24) is 14.4 Å². The Balaban J connectivity index is -0.000000976. The van der Waals surface area contributed by atoms with Gasteiger partial charge in [0.1, 0.15) is 0 Å². The molecule has 0 spiro atoms. The van der Waals surface area contributed by atoms with Crippen LogP contribution in [0.5, 0.6) is 0 Å². The zero-order valence-electron chi connectivity index (χ0n) is 36.1. The summed E-state index contributed by atoms with van der Waals surface area (Å²) in [6.45, 7) is 26.6. The van der Waals surface area contributed by atoms with Crippen molar-refractivity contribution in [3.05, 3.63) is 0 Å². The van der Waals surface area contributed by atoms with Crippen LogP contribution in [0.1, 0.15) is 94.4 Å². The van der Waals surface area contributed by atoms with Gasteiger partial charge in [-0.15, -0.1) is 0 Å². The maximum absolute atomic E-state index is 8.38. The number of unbranched alkanes of at least 4 members (excludes halogenated alkanes) is 1. The summed E-state index contributed by atoms with van der Waals surface area (Å²) in [5, 5.41) is 16.8. The molecule has 1 fully saturated rings. The molecule has 13 nitrogen and oxygen atoms in total. The van der Waals surface area contributed by atoms with Gasteiger partial charge in [-0.3, -0.25) is 4.57 Å². The minimum atomic E-state index is -2.79. The summed E-state index contributed by atoms with van der Waals surface area (Å²) in [4.78, 5) is 4.80. The zero-order valence-corrected chi connectivity index (χ0v) is 40.5. The number of hydrogen-bond acceptors (Lipinski definition) is 13. The van der Waals surface area contributed by atoms with Gasteiger partial charge < -0.3 is 55.4 Å². The van der Waals surface area contributed by atoms with Crippen molar-refractivity contribution in [2.45, 2.75) is 137 Å². The number of aliphatic hydroxyl groups is 2. The van der Waals surface area contributed by atoms with Crippen LogP contribution in [-0.4, -0.2) is 170 Å². The predicted octanol–water partition coefficient (Wildman–Crippen LogP) is 5.19. The molecule has 52 heavy (non-hydrogen) atoms. The molecular weight excluding hydrogens is 758 g/mol. The fourth-order valence-electron chi connectivity index (χ4n) is 5.76. The molecule has 1 heterocycles. The Hall–Kier alpha value is 0.715. The largest absolute Gasteiger partial charge is 0.500 e. The molecule has 4 atom stereocenters. The molecule has 0 aromatic heterocycles. The number of aliphatic hydroxyl groups excluding tert-OH is 2. The first-order chi connectivity index (χ1) is 24.2. The van der Waals surface area contributed by atoms with Crippen LogP contribution in [0.3, 0.4) is 0 Å². The van der Waals surface area contributed by atoms with Gasteiger partial charge in [-0.2, -0.15) is 0 Å². The van der Waals surface area contributed by atoms with Crippen LogP contribution in [0.25, 0.3) is 0 Å². The van der Waals surface area contributed by atoms with E-state index in [9.17, 15) is 0 Å². The predicted molar refractivity (Wildman–Crippen MR) is 214 cm³/mol. The quantitative estimate of drug-likeness (QED) is 0.106. The van der Waals surface area contributed by atoms with Crippen molar-refractivity contribution in [3.63, 3.8) is 0 Å². The molecule has 315 valence electrons. The molecule has 1 radical (unpaired) electrons. The Morgan fingerprint density at radius 2 is 1.00 bits per heavy atom. The van der Waals surface area contributed by atoms with Gasteiger partial charge in [0.25, 0.3) is 0 Å². The third-order valence-electron chi connectivity index (χ3n) is 9.86. The molecule has 17 heteroatoms. The summed E-state index contributed by atoms with van der Waals surface area (Å²) < 4.78 is 49.7. The summed E-state index contributed by atoms with van der Waals surface area (Å²) in [6, 6.07) is 2.67. The minimum Gasteiger partial charge on any atom is -0.391 e. The van der Waals surface area contributed by atoms with E-state index < -0.39 is 38.5 Å². The van der Waals surface area contributed by atoms with Crippen LogP contribution in [0.4, 0.5) is 0 Å². The van der Waals surface area contributed by atoms with Crippen LogP contribution in [0.15, 0.2) is 0 Å². The van der Waals surface area contributed by atoms with Crippen molar-refractivity contribution >= 4 is 26.3 Å². The van der Waals surface area contributed by atoms with Crippen molar-refractivity contribution < 1.29 is 64.2 Å². The van der Waals surface area contributed by atoms with Gasteiger partial charge >= 0.3 is 26.3 Å². The SMILES string of the molecule is CC(O)C(C)O.CCCCN1CCC[Si]1(OC)OC.CCN(CC)CCC[Si](OC)(OC)OC(C)C(C)O[Si](CCCN(CC)CC)(OC)OC.[V]. The maximum Gasteiger partial charge on any atom is 0.500 e. The van der Waals surface area contributed by atoms with E-state index in [0.29, 0.717) is 0 Å². The first kappa shape index (κ1) is 57.0. The Kier molecular flexibility index (Phi) is 35.9. The summed E-state index contributed by atoms with van der Waals surface area (Å²) in [5.41, 5.74) is 0. The van der Waals surface area contributed by atoms with Gasteiger partial charge in [-0.05, 0) is 106 Å². The molecule has 0 bridgehead atoms.